The highest BCUT2D eigenvalue weighted by molar-refractivity contribution is 9.10. The Morgan fingerprint density at radius 1 is 1.36 bits per heavy atom. The van der Waals surface area contributed by atoms with Crippen LogP contribution in [-0.2, 0) is 21.3 Å². The van der Waals surface area contributed by atoms with Gasteiger partial charge in [-0.2, -0.15) is 4.98 Å². The standard InChI is InChI=1S/C7H7BrN2O3S/c1-13-6-4-2-14(11,12)3-5(4)9-7(8)10-6/h2-3H2,1H3. The summed E-state index contributed by atoms with van der Waals surface area (Å²) in [5.41, 5.74) is 1.11. The van der Waals surface area contributed by atoms with Crippen molar-refractivity contribution in [2.75, 3.05) is 7.11 Å². The van der Waals surface area contributed by atoms with Gasteiger partial charge in [-0.05, 0) is 15.9 Å². The molecule has 0 saturated heterocycles. The molecule has 0 bridgehead atoms. The molecule has 0 aliphatic carbocycles. The summed E-state index contributed by atoms with van der Waals surface area (Å²) in [6, 6.07) is 0. The number of aromatic nitrogens is 2. The average Bonchev–Trinajstić information content (AvgIpc) is 2.37. The molecule has 0 saturated carbocycles. The number of fused-ring (bicyclic) bond motifs is 1. The Labute approximate surface area is 89.6 Å². The molecule has 0 spiro atoms. The maximum atomic E-state index is 11.3. The van der Waals surface area contributed by atoms with Crippen molar-refractivity contribution in [2.45, 2.75) is 11.5 Å². The Balaban J connectivity index is 2.61. The van der Waals surface area contributed by atoms with Crippen LogP contribution in [0.15, 0.2) is 4.73 Å². The van der Waals surface area contributed by atoms with Crippen LogP contribution in [0.4, 0.5) is 0 Å². The van der Waals surface area contributed by atoms with Gasteiger partial charge in [0.05, 0.1) is 29.9 Å². The Kier molecular flexibility index (Phi) is 2.23. The molecule has 0 N–H and O–H groups in total. The van der Waals surface area contributed by atoms with E-state index in [1.165, 1.54) is 7.11 Å². The Morgan fingerprint density at radius 2 is 2.07 bits per heavy atom. The van der Waals surface area contributed by atoms with Crippen molar-refractivity contribution >= 4 is 25.8 Å². The van der Waals surface area contributed by atoms with Crippen molar-refractivity contribution in [3.63, 3.8) is 0 Å². The Bertz CT molecular complexity index is 486. The monoisotopic (exact) mass is 278 g/mol. The first-order chi connectivity index (χ1) is 6.52. The summed E-state index contributed by atoms with van der Waals surface area (Å²) < 4.78 is 28.0. The molecule has 76 valence electrons. The van der Waals surface area contributed by atoms with Crippen LogP contribution in [-0.4, -0.2) is 25.5 Å². The number of hydrogen-bond acceptors (Lipinski definition) is 5. The third kappa shape index (κ3) is 1.61. The summed E-state index contributed by atoms with van der Waals surface area (Å²) in [5.74, 6) is 0.279. The van der Waals surface area contributed by atoms with E-state index in [9.17, 15) is 8.42 Å². The predicted octanol–water partition coefficient (Wildman–Crippen LogP) is 0.676. The van der Waals surface area contributed by atoms with Gasteiger partial charge in [0, 0.05) is 0 Å². The molecule has 0 aromatic carbocycles. The molecular weight excluding hydrogens is 272 g/mol. The first-order valence-electron chi connectivity index (χ1n) is 3.81. The smallest absolute Gasteiger partial charge is 0.221 e. The highest BCUT2D eigenvalue weighted by atomic mass is 79.9. The minimum absolute atomic E-state index is 0.0280. The van der Waals surface area contributed by atoms with Crippen LogP contribution >= 0.6 is 15.9 Å². The van der Waals surface area contributed by atoms with Crippen LogP contribution in [0, 0.1) is 0 Å². The van der Waals surface area contributed by atoms with Gasteiger partial charge in [-0.3, -0.25) is 0 Å². The number of rotatable bonds is 1. The molecule has 1 aromatic rings. The lowest BCUT2D eigenvalue weighted by atomic mass is 10.3. The third-order valence-corrected chi connectivity index (χ3v) is 3.74. The van der Waals surface area contributed by atoms with E-state index in [2.05, 4.69) is 25.9 Å². The third-order valence-electron chi connectivity index (χ3n) is 1.94. The van der Waals surface area contributed by atoms with E-state index >= 15 is 0 Å². The zero-order valence-corrected chi connectivity index (χ0v) is 9.72. The van der Waals surface area contributed by atoms with E-state index in [-0.39, 0.29) is 11.5 Å². The van der Waals surface area contributed by atoms with Gasteiger partial charge in [0.2, 0.25) is 5.88 Å². The van der Waals surface area contributed by atoms with E-state index in [1.807, 2.05) is 0 Å². The van der Waals surface area contributed by atoms with Crippen LogP contribution < -0.4 is 4.74 Å². The number of hydrogen-bond donors (Lipinski definition) is 0. The summed E-state index contributed by atoms with van der Waals surface area (Å²) in [7, 11) is -1.60. The molecule has 1 aliphatic heterocycles. The van der Waals surface area contributed by atoms with Crippen molar-refractivity contribution in [3.8, 4) is 5.88 Å². The lowest BCUT2D eigenvalue weighted by molar-refractivity contribution is 0.391. The molecule has 0 unspecified atom stereocenters. The van der Waals surface area contributed by atoms with E-state index in [1.54, 1.807) is 0 Å². The number of nitrogens with zero attached hydrogens (tertiary/aromatic N) is 2. The van der Waals surface area contributed by atoms with E-state index in [0.29, 0.717) is 21.9 Å². The van der Waals surface area contributed by atoms with Crippen molar-refractivity contribution in [1.29, 1.82) is 0 Å². The van der Waals surface area contributed by atoms with Crippen LogP contribution in [0.1, 0.15) is 11.3 Å². The van der Waals surface area contributed by atoms with Gasteiger partial charge in [-0.1, -0.05) is 0 Å². The minimum Gasteiger partial charge on any atom is -0.481 e. The number of halogens is 1. The zero-order valence-electron chi connectivity index (χ0n) is 7.32. The predicted molar refractivity (Wildman–Crippen MR) is 52.6 cm³/mol. The second kappa shape index (κ2) is 3.16. The van der Waals surface area contributed by atoms with Crippen LogP contribution in [0.5, 0.6) is 5.88 Å². The van der Waals surface area contributed by atoms with E-state index in [0.717, 1.165) is 0 Å². The fraction of sp³-hybridized carbons (Fsp3) is 0.429. The fourth-order valence-corrected chi connectivity index (χ4v) is 3.25. The molecule has 2 heterocycles. The van der Waals surface area contributed by atoms with Gasteiger partial charge in [-0.25, -0.2) is 13.4 Å². The maximum absolute atomic E-state index is 11.3. The molecule has 0 atom stereocenters. The topological polar surface area (TPSA) is 69.2 Å². The lowest BCUT2D eigenvalue weighted by Crippen LogP contribution is -1.98. The summed E-state index contributed by atoms with van der Waals surface area (Å²) in [5, 5.41) is 0. The van der Waals surface area contributed by atoms with Gasteiger partial charge < -0.3 is 4.74 Å². The van der Waals surface area contributed by atoms with Crippen LogP contribution in [0.3, 0.4) is 0 Å². The summed E-state index contributed by atoms with van der Waals surface area (Å²) in [6.45, 7) is 0. The molecule has 7 heteroatoms. The van der Waals surface area contributed by atoms with Gasteiger partial charge in [0.15, 0.2) is 14.6 Å². The SMILES string of the molecule is COc1nc(Br)nc2c1CS(=O)(=O)C2. The van der Waals surface area contributed by atoms with Crippen molar-refractivity contribution in [1.82, 2.24) is 9.97 Å². The summed E-state index contributed by atoms with van der Waals surface area (Å²) >= 11 is 3.10. The normalized spacial score (nSPS) is 17.9. The van der Waals surface area contributed by atoms with E-state index in [4.69, 9.17) is 4.74 Å². The molecule has 0 amide bonds. The molecule has 5 nitrogen and oxygen atoms in total. The average molecular weight is 279 g/mol. The summed E-state index contributed by atoms with van der Waals surface area (Å²) in [4.78, 5) is 7.95. The number of sulfone groups is 1. The maximum Gasteiger partial charge on any atom is 0.221 e. The largest absolute Gasteiger partial charge is 0.481 e. The number of ether oxygens (including phenoxy) is 1. The van der Waals surface area contributed by atoms with Gasteiger partial charge in [-0.15, -0.1) is 0 Å². The highest BCUT2D eigenvalue weighted by Gasteiger charge is 2.30. The molecule has 0 radical (unpaired) electrons. The van der Waals surface area contributed by atoms with Gasteiger partial charge >= 0.3 is 0 Å². The first-order valence-corrected chi connectivity index (χ1v) is 6.43. The fourth-order valence-electron chi connectivity index (χ4n) is 1.39. The Morgan fingerprint density at radius 3 is 2.71 bits per heavy atom. The highest BCUT2D eigenvalue weighted by Crippen LogP contribution is 2.30. The van der Waals surface area contributed by atoms with Crippen molar-refractivity contribution in [2.24, 2.45) is 0 Å². The van der Waals surface area contributed by atoms with E-state index < -0.39 is 9.84 Å². The molecule has 2 rings (SSSR count). The minimum atomic E-state index is -3.06. The second-order valence-corrected chi connectivity index (χ2v) is 5.73. The Hall–Kier alpha value is -0.690. The number of methoxy groups -OCH3 is 1. The van der Waals surface area contributed by atoms with Gasteiger partial charge in [0.1, 0.15) is 0 Å². The molecule has 14 heavy (non-hydrogen) atoms. The zero-order chi connectivity index (χ0) is 10.3. The van der Waals surface area contributed by atoms with Crippen molar-refractivity contribution in [3.05, 3.63) is 16.0 Å². The molecular formula is C7H7BrN2O3S. The molecule has 1 aliphatic rings. The summed E-state index contributed by atoms with van der Waals surface area (Å²) in [6.07, 6.45) is 0. The van der Waals surface area contributed by atoms with Crippen LogP contribution in [0.25, 0.3) is 0 Å². The quantitative estimate of drug-likeness (QED) is 0.707. The second-order valence-electron chi connectivity index (χ2n) is 2.96. The van der Waals surface area contributed by atoms with Crippen molar-refractivity contribution < 1.29 is 13.2 Å². The van der Waals surface area contributed by atoms with Crippen LogP contribution in [0.2, 0.25) is 0 Å². The molecule has 0 fully saturated rings. The molecule has 1 aromatic heterocycles. The van der Waals surface area contributed by atoms with Gasteiger partial charge in [0.25, 0.3) is 0 Å². The first kappa shape index (κ1) is 9.85. The lowest BCUT2D eigenvalue weighted by Gasteiger charge is -2.03.